The lowest BCUT2D eigenvalue weighted by Gasteiger charge is -2.08. The van der Waals surface area contributed by atoms with Crippen molar-refractivity contribution in [1.29, 1.82) is 0 Å². The van der Waals surface area contributed by atoms with E-state index in [9.17, 15) is 18.0 Å². The van der Waals surface area contributed by atoms with E-state index in [1.54, 1.807) is 36.4 Å². The van der Waals surface area contributed by atoms with Gasteiger partial charge < -0.3 is 9.47 Å². The van der Waals surface area contributed by atoms with Gasteiger partial charge in [-0.2, -0.15) is 13.2 Å². The van der Waals surface area contributed by atoms with Crippen LogP contribution in [0.25, 0.3) is 17.7 Å². The van der Waals surface area contributed by atoms with Gasteiger partial charge in [0.2, 0.25) is 0 Å². The van der Waals surface area contributed by atoms with Crippen molar-refractivity contribution in [2.24, 2.45) is 0 Å². The second kappa shape index (κ2) is 9.60. The zero-order chi connectivity index (χ0) is 20.6. The third-order valence-corrected chi connectivity index (χ3v) is 3.81. The fraction of sp³-hybridized carbons (Fsp3) is 0.136. The topological polar surface area (TPSA) is 35.5 Å². The predicted octanol–water partition coefficient (Wildman–Crippen LogP) is 5.59. The van der Waals surface area contributed by atoms with Gasteiger partial charge >= 0.3 is 12.1 Å². The van der Waals surface area contributed by atoms with E-state index in [4.69, 9.17) is 9.47 Å². The van der Waals surface area contributed by atoms with E-state index in [0.717, 1.165) is 17.7 Å². The summed E-state index contributed by atoms with van der Waals surface area (Å²) in [5, 5.41) is 0. The van der Waals surface area contributed by atoms with Crippen LogP contribution in [0.5, 0.6) is 0 Å². The molecule has 0 saturated carbocycles. The molecule has 0 unspecified atom stereocenters. The van der Waals surface area contributed by atoms with Crippen LogP contribution in [0, 0.1) is 0 Å². The molecule has 0 fully saturated rings. The molecule has 2 aromatic rings. The molecule has 0 amide bonds. The Balaban J connectivity index is 2.20. The molecule has 0 radical (unpaired) electrons. The highest BCUT2D eigenvalue weighted by Crippen LogP contribution is 2.29. The number of carbonyl (C=O) groups excluding carboxylic acids is 1. The second-order valence-electron chi connectivity index (χ2n) is 5.68. The first-order valence-electron chi connectivity index (χ1n) is 8.29. The van der Waals surface area contributed by atoms with Crippen molar-refractivity contribution >= 4 is 23.7 Å². The molecular formula is C22H19F3O3. The number of esters is 1. The zero-order valence-corrected chi connectivity index (χ0v) is 15.4. The highest BCUT2D eigenvalue weighted by atomic mass is 19.4. The van der Waals surface area contributed by atoms with Gasteiger partial charge in [-0.05, 0) is 28.8 Å². The maximum absolute atomic E-state index is 12.6. The Morgan fingerprint density at radius 3 is 2.18 bits per heavy atom. The molecule has 0 saturated heterocycles. The van der Waals surface area contributed by atoms with Crippen molar-refractivity contribution in [2.75, 3.05) is 14.2 Å². The first-order chi connectivity index (χ1) is 13.4. The average molecular weight is 388 g/mol. The number of alkyl halides is 3. The van der Waals surface area contributed by atoms with Gasteiger partial charge in [-0.1, -0.05) is 60.7 Å². The molecule has 0 aliphatic heterocycles. The minimum atomic E-state index is -4.35. The number of ether oxygens (including phenoxy) is 2. The maximum Gasteiger partial charge on any atom is 0.416 e. The minimum absolute atomic E-state index is 0.275. The normalized spacial score (nSPS) is 12.5. The van der Waals surface area contributed by atoms with Crippen LogP contribution < -0.4 is 0 Å². The van der Waals surface area contributed by atoms with Gasteiger partial charge in [0.1, 0.15) is 5.57 Å². The van der Waals surface area contributed by atoms with Crippen molar-refractivity contribution < 1.29 is 27.4 Å². The van der Waals surface area contributed by atoms with Gasteiger partial charge in [-0.15, -0.1) is 0 Å². The van der Waals surface area contributed by atoms with Gasteiger partial charge in [-0.25, -0.2) is 4.79 Å². The average Bonchev–Trinajstić information content (AvgIpc) is 2.69. The molecule has 28 heavy (non-hydrogen) atoms. The fourth-order valence-corrected chi connectivity index (χ4v) is 2.45. The van der Waals surface area contributed by atoms with Crippen LogP contribution in [0.1, 0.15) is 22.3 Å². The molecule has 6 heteroatoms. The van der Waals surface area contributed by atoms with E-state index < -0.39 is 17.7 Å². The SMILES string of the molecule is COC=C(C(=O)OC)c1ccccc1C=CC=Cc1ccc(C(F)(F)F)cc1. The van der Waals surface area contributed by atoms with Crippen molar-refractivity contribution in [3.05, 3.63) is 89.2 Å². The molecule has 0 bridgehead atoms. The molecule has 146 valence electrons. The number of hydrogen-bond acceptors (Lipinski definition) is 3. The summed E-state index contributed by atoms with van der Waals surface area (Å²) in [7, 11) is 2.73. The van der Waals surface area contributed by atoms with Gasteiger partial charge in [0.25, 0.3) is 0 Å². The highest BCUT2D eigenvalue weighted by molar-refractivity contribution is 6.17. The zero-order valence-electron chi connectivity index (χ0n) is 15.4. The van der Waals surface area contributed by atoms with Crippen LogP contribution in [0.2, 0.25) is 0 Å². The Morgan fingerprint density at radius 1 is 0.929 bits per heavy atom. The molecule has 2 aromatic carbocycles. The molecule has 0 aromatic heterocycles. The van der Waals surface area contributed by atoms with Gasteiger partial charge in [0.15, 0.2) is 0 Å². The Hall–Kier alpha value is -3.28. The molecule has 0 heterocycles. The van der Waals surface area contributed by atoms with Crippen LogP contribution in [0.15, 0.2) is 66.9 Å². The van der Waals surface area contributed by atoms with E-state index >= 15 is 0 Å². The van der Waals surface area contributed by atoms with Gasteiger partial charge in [0, 0.05) is 0 Å². The number of carbonyl (C=O) groups is 1. The standard InChI is InChI=1S/C22H19F3O3/c1-27-15-20(21(26)28-2)19-10-6-5-9-17(19)8-4-3-7-16-11-13-18(14-12-16)22(23,24)25/h3-15H,1-2H3. The maximum atomic E-state index is 12.6. The quantitative estimate of drug-likeness (QED) is 0.280. The molecule has 0 spiro atoms. The summed E-state index contributed by atoms with van der Waals surface area (Å²) < 4.78 is 47.5. The Morgan fingerprint density at radius 2 is 1.57 bits per heavy atom. The van der Waals surface area contributed by atoms with Crippen LogP contribution in [0.3, 0.4) is 0 Å². The second-order valence-corrected chi connectivity index (χ2v) is 5.68. The van der Waals surface area contributed by atoms with Crippen molar-refractivity contribution in [1.82, 2.24) is 0 Å². The lowest BCUT2D eigenvalue weighted by Crippen LogP contribution is -2.05. The molecule has 0 aliphatic rings. The van der Waals surface area contributed by atoms with Crippen LogP contribution in [-0.2, 0) is 20.4 Å². The Bertz CT molecular complexity index is 892. The van der Waals surface area contributed by atoms with Crippen LogP contribution in [0.4, 0.5) is 13.2 Å². The number of halogens is 3. The summed E-state index contributed by atoms with van der Waals surface area (Å²) >= 11 is 0. The van der Waals surface area contributed by atoms with E-state index in [-0.39, 0.29) is 5.57 Å². The smallest absolute Gasteiger partial charge is 0.416 e. The molecule has 0 atom stereocenters. The summed E-state index contributed by atoms with van der Waals surface area (Å²) in [6, 6.07) is 12.1. The Kier molecular flexibility index (Phi) is 7.21. The van der Waals surface area contributed by atoms with Crippen molar-refractivity contribution in [2.45, 2.75) is 6.18 Å². The third-order valence-electron chi connectivity index (χ3n) is 3.81. The number of methoxy groups -OCH3 is 2. The summed E-state index contributed by atoms with van der Waals surface area (Å²) in [5.41, 5.74) is 1.62. The molecule has 0 N–H and O–H groups in total. The van der Waals surface area contributed by atoms with Crippen LogP contribution >= 0.6 is 0 Å². The molecule has 0 aliphatic carbocycles. The highest BCUT2D eigenvalue weighted by Gasteiger charge is 2.29. The Labute approximate surface area is 161 Å². The summed E-state index contributed by atoms with van der Waals surface area (Å²) in [6.45, 7) is 0. The summed E-state index contributed by atoms with van der Waals surface area (Å²) in [6.07, 6.45) is 3.87. The van der Waals surface area contributed by atoms with Crippen molar-refractivity contribution in [3.63, 3.8) is 0 Å². The summed E-state index contributed by atoms with van der Waals surface area (Å²) in [4.78, 5) is 12.0. The van der Waals surface area contributed by atoms with Gasteiger partial charge in [-0.3, -0.25) is 0 Å². The van der Waals surface area contributed by atoms with Crippen molar-refractivity contribution in [3.8, 4) is 0 Å². The van der Waals surface area contributed by atoms with E-state index in [1.165, 1.54) is 32.6 Å². The monoisotopic (exact) mass is 388 g/mol. The molecule has 2 rings (SSSR count). The number of allylic oxidation sites excluding steroid dienone is 2. The third kappa shape index (κ3) is 5.61. The lowest BCUT2D eigenvalue weighted by atomic mass is 10.00. The number of hydrogen-bond donors (Lipinski definition) is 0. The molecule has 3 nitrogen and oxygen atoms in total. The van der Waals surface area contributed by atoms with E-state index in [2.05, 4.69) is 0 Å². The van der Waals surface area contributed by atoms with Crippen LogP contribution in [-0.4, -0.2) is 20.2 Å². The summed E-state index contributed by atoms with van der Waals surface area (Å²) in [5.74, 6) is -0.525. The molecular weight excluding hydrogens is 369 g/mol. The largest absolute Gasteiger partial charge is 0.503 e. The first kappa shape index (κ1) is 21.0. The first-order valence-corrected chi connectivity index (χ1v) is 8.29. The predicted molar refractivity (Wildman–Crippen MR) is 103 cm³/mol. The van der Waals surface area contributed by atoms with Gasteiger partial charge in [0.05, 0.1) is 26.0 Å². The minimum Gasteiger partial charge on any atom is -0.503 e. The fourth-order valence-electron chi connectivity index (χ4n) is 2.45. The van der Waals surface area contributed by atoms with E-state index in [0.29, 0.717) is 11.1 Å². The number of rotatable bonds is 6. The van der Waals surface area contributed by atoms with E-state index in [1.807, 2.05) is 12.1 Å². The lowest BCUT2D eigenvalue weighted by molar-refractivity contribution is -0.137. The number of benzene rings is 2.